The number of imidazole rings is 1. The fourth-order valence-corrected chi connectivity index (χ4v) is 6.23. The molecule has 39 heavy (non-hydrogen) atoms. The first kappa shape index (κ1) is 27.2. The van der Waals surface area contributed by atoms with Gasteiger partial charge in [-0.2, -0.15) is 0 Å². The number of benzene rings is 2. The van der Waals surface area contributed by atoms with Crippen molar-refractivity contribution >= 4 is 23.4 Å². The summed E-state index contributed by atoms with van der Waals surface area (Å²) in [5.74, 6) is 1.04. The highest BCUT2D eigenvalue weighted by molar-refractivity contribution is 7.98. The minimum atomic E-state index is -1.10. The lowest BCUT2D eigenvalue weighted by Gasteiger charge is -2.36. The average Bonchev–Trinajstić information content (AvgIpc) is 3.35. The van der Waals surface area contributed by atoms with Crippen molar-refractivity contribution in [2.24, 2.45) is 5.73 Å². The van der Waals surface area contributed by atoms with E-state index in [-0.39, 0.29) is 0 Å². The van der Waals surface area contributed by atoms with Crippen molar-refractivity contribution in [2.75, 3.05) is 18.4 Å². The maximum atomic E-state index is 13.4. The number of nitrogens with one attached hydrogen (secondary N) is 2. The van der Waals surface area contributed by atoms with E-state index < -0.39 is 11.4 Å². The van der Waals surface area contributed by atoms with Crippen LogP contribution < -0.4 is 16.4 Å². The number of pyridine rings is 1. The fraction of sp³-hybridized carbons (Fsp3) is 0.387. The number of amides is 1. The summed E-state index contributed by atoms with van der Waals surface area (Å²) in [6.45, 7) is 10.3. The Bertz CT molecular complexity index is 1420. The van der Waals surface area contributed by atoms with Crippen LogP contribution in [0.4, 0.5) is 5.69 Å². The molecule has 4 N–H and O–H groups in total. The third-order valence-electron chi connectivity index (χ3n) is 7.83. The number of hydrogen-bond acceptors (Lipinski definition) is 6. The van der Waals surface area contributed by atoms with Crippen LogP contribution in [0.1, 0.15) is 55.0 Å². The van der Waals surface area contributed by atoms with E-state index in [9.17, 15) is 4.79 Å². The second kappa shape index (κ2) is 11.4. The summed E-state index contributed by atoms with van der Waals surface area (Å²) in [7, 11) is 0. The number of primary amides is 1. The van der Waals surface area contributed by atoms with E-state index in [1.807, 2.05) is 36.7 Å². The molecule has 0 bridgehead atoms. The van der Waals surface area contributed by atoms with Gasteiger partial charge < -0.3 is 20.9 Å². The zero-order chi connectivity index (χ0) is 27.6. The molecule has 1 amide bonds. The molecule has 204 valence electrons. The van der Waals surface area contributed by atoms with Gasteiger partial charge in [0, 0.05) is 30.7 Å². The van der Waals surface area contributed by atoms with Gasteiger partial charge in [-0.15, -0.1) is 0 Å². The van der Waals surface area contributed by atoms with Crippen molar-refractivity contribution in [1.29, 1.82) is 0 Å². The van der Waals surface area contributed by atoms with Gasteiger partial charge in [-0.05, 0) is 78.3 Å². The van der Waals surface area contributed by atoms with Crippen LogP contribution in [-0.2, 0) is 28.9 Å². The summed E-state index contributed by atoms with van der Waals surface area (Å²) in [5, 5.41) is 7.55. The van der Waals surface area contributed by atoms with E-state index in [1.165, 1.54) is 16.7 Å². The molecule has 3 aliphatic heterocycles. The number of fused-ring (bicyclic) bond motifs is 1. The highest BCUT2D eigenvalue weighted by atomic mass is 32.2. The molecule has 0 aliphatic carbocycles. The first-order valence-electron chi connectivity index (χ1n) is 13.9. The van der Waals surface area contributed by atoms with Crippen molar-refractivity contribution in [1.82, 2.24) is 19.9 Å². The van der Waals surface area contributed by atoms with Gasteiger partial charge in [0.15, 0.2) is 11.0 Å². The number of nitrogens with zero attached hydrogens (tertiary/aromatic N) is 3. The van der Waals surface area contributed by atoms with Crippen LogP contribution in [0, 0.1) is 6.92 Å². The molecular formula is C31H38N6OS. The van der Waals surface area contributed by atoms with E-state index >= 15 is 0 Å². The average molecular weight is 543 g/mol. The molecule has 1 unspecified atom stereocenters. The van der Waals surface area contributed by atoms with Gasteiger partial charge in [0.25, 0.3) is 0 Å². The van der Waals surface area contributed by atoms with Crippen LogP contribution in [0.25, 0.3) is 11.5 Å². The zero-order valence-corrected chi connectivity index (χ0v) is 24.1. The molecule has 3 aliphatic rings. The highest BCUT2D eigenvalue weighted by Crippen LogP contribution is 2.38. The monoisotopic (exact) mass is 542 g/mol. The van der Waals surface area contributed by atoms with E-state index in [0.717, 1.165) is 54.2 Å². The Hall–Kier alpha value is -3.36. The molecule has 5 rings (SSSR count). The normalized spacial score (nSPS) is 15.2. The number of carbonyl (C=O) groups excluding carboxylic acids is 1. The quantitative estimate of drug-likeness (QED) is 0.227. The van der Waals surface area contributed by atoms with Crippen LogP contribution in [0.2, 0.25) is 0 Å². The zero-order valence-electron chi connectivity index (χ0n) is 23.3. The second-order valence-electron chi connectivity index (χ2n) is 10.4. The number of rotatable bonds is 11. The van der Waals surface area contributed by atoms with Crippen LogP contribution in [-0.4, -0.2) is 39.6 Å². The molecule has 7 nitrogen and oxygen atoms in total. The lowest BCUT2D eigenvalue weighted by atomic mass is 9.82. The summed E-state index contributed by atoms with van der Waals surface area (Å²) >= 11 is 1.62. The van der Waals surface area contributed by atoms with Gasteiger partial charge in [-0.3, -0.25) is 4.79 Å². The van der Waals surface area contributed by atoms with Crippen molar-refractivity contribution in [3.63, 3.8) is 0 Å². The van der Waals surface area contributed by atoms with Gasteiger partial charge in [-0.25, -0.2) is 9.97 Å². The third kappa shape index (κ3) is 5.28. The van der Waals surface area contributed by atoms with Gasteiger partial charge in [0.1, 0.15) is 11.2 Å². The molecule has 0 spiro atoms. The summed E-state index contributed by atoms with van der Waals surface area (Å²) in [6, 6.07) is 17.3. The Morgan fingerprint density at radius 3 is 2.41 bits per heavy atom. The Morgan fingerprint density at radius 1 is 1.08 bits per heavy atom. The molecule has 2 aromatic carbocycles. The number of hydrogen-bond donors (Lipinski definition) is 3. The van der Waals surface area contributed by atoms with Gasteiger partial charge in [-0.1, -0.05) is 56.8 Å². The summed E-state index contributed by atoms with van der Waals surface area (Å²) < 4.78 is 1.94. The minimum absolute atomic E-state index is 0.383. The number of nitrogens with two attached hydrogens (primary N) is 1. The molecule has 8 heteroatoms. The van der Waals surface area contributed by atoms with Crippen molar-refractivity contribution < 1.29 is 4.79 Å². The van der Waals surface area contributed by atoms with Crippen LogP contribution in [0.5, 0.6) is 0 Å². The lowest BCUT2D eigenvalue weighted by molar-refractivity contribution is -0.124. The molecule has 3 heterocycles. The number of aryl methyl sites for hydroxylation is 3. The first-order valence-corrected chi connectivity index (χ1v) is 14.8. The summed E-state index contributed by atoms with van der Waals surface area (Å²) in [5.41, 5.74) is 12.8. The summed E-state index contributed by atoms with van der Waals surface area (Å²) in [4.78, 5) is 23.2. The number of carbonyl (C=O) groups is 1. The number of aromatic nitrogens is 3. The Labute approximate surface area is 235 Å². The molecule has 0 radical (unpaired) electrons. The van der Waals surface area contributed by atoms with Crippen LogP contribution in [0.15, 0.2) is 59.9 Å². The van der Waals surface area contributed by atoms with E-state index in [2.05, 4.69) is 60.9 Å². The summed E-state index contributed by atoms with van der Waals surface area (Å²) in [6.07, 6.45) is 4.43. The molecule has 1 fully saturated rings. The Kier molecular flexibility index (Phi) is 7.96. The van der Waals surface area contributed by atoms with Crippen molar-refractivity contribution in [3.8, 4) is 11.5 Å². The first-order chi connectivity index (χ1) is 18.9. The second-order valence-corrected chi connectivity index (χ2v) is 11.3. The maximum Gasteiger partial charge on any atom is 0.248 e. The standard InChI is InChI=1S/C31H38N6OS/c1-5-21-13-22(6-2)15-23(14-21)19-39-30-35-27-9-8-12-37(28(27)36-30)31(7-3,29(32)38)26-16-24(11-10-20(26)4)34-25-17-33-18-25/h8-16,25,33-34H,5-7,17-19H2,1-4H3,(H2,32,38). The highest BCUT2D eigenvalue weighted by Gasteiger charge is 2.42. The van der Waals surface area contributed by atoms with Gasteiger partial charge in [0.2, 0.25) is 5.91 Å². The number of thioether (sulfide) groups is 1. The number of anilines is 1. The molecule has 0 aromatic heterocycles. The smallest absolute Gasteiger partial charge is 0.248 e. The molecule has 2 aromatic rings. The van der Waals surface area contributed by atoms with Crippen molar-refractivity contribution in [2.45, 2.75) is 69.4 Å². The maximum absolute atomic E-state index is 13.4. The Morgan fingerprint density at radius 2 is 1.79 bits per heavy atom. The van der Waals surface area contributed by atoms with Crippen molar-refractivity contribution in [3.05, 3.63) is 82.5 Å². The molecule has 1 saturated heterocycles. The van der Waals surface area contributed by atoms with Gasteiger partial charge >= 0.3 is 0 Å². The van der Waals surface area contributed by atoms with E-state index in [4.69, 9.17) is 15.7 Å². The predicted molar refractivity (Wildman–Crippen MR) is 159 cm³/mol. The molecule has 1 atom stereocenters. The molecular weight excluding hydrogens is 504 g/mol. The fourth-order valence-electron chi connectivity index (χ4n) is 5.46. The van der Waals surface area contributed by atoms with Crippen LogP contribution in [0.3, 0.4) is 0 Å². The predicted octanol–water partition coefficient (Wildman–Crippen LogP) is 5.13. The topological polar surface area (TPSA) is 97.9 Å². The van der Waals surface area contributed by atoms with Crippen LogP contribution >= 0.6 is 11.8 Å². The lowest BCUT2D eigenvalue weighted by Crippen LogP contribution is -2.51. The minimum Gasteiger partial charge on any atom is -0.380 e. The molecule has 0 saturated carbocycles. The van der Waals surface area contributed by atoms with Gasteiger partial charge in [0.05, 0.1) is 6.04 Å². The Balaban J connectivity index is 1.52. The largest absolute Gasteiger partial charge is 0.380 e. The third-order valence-corrected chi connectivity index (χ3v) is 8.75. The van der Waals surface area contributed by atoms with E-state index in [1.54, 1.807) is 11.8 Å². The SMILES string of the molecule is CCc1cc(CC)cc(CSc2nc3cccn(C(CC)(C(N)=O)c4cc(NC5CNC5)ccc4C)c-3n2)c1. The van der Waals surface area contributed by atoms with E-state index in [0.29, 0.717) is 23.4 Å².